The predicted octanol–water partition coefficient (Wildman–Crippen LogP) is -0.150. The monoisotopic (exact) mass is 228 g/mol. The molecule has 4 N–H and O–H groups in total. The summed E-state index contributed by atoms with van der Waals surface area (Å²) in [5.41, 5.74) is 0. The average molecular weight is 228 g/mol. The van der Waals surface area contributed by atoms with E-state index in [1.54, 1.807) is 0 Å². The number of aliphatic hydroxyl groups is 2. The maximum atomic E-state index is 10.2. The zero-order valence-electron chi connectivity index (χ0n) is 9.86. The van der Waals surface area contributed by atoms with Crippen LogP contribution in [0.1, 0.15) is 32.1 Å². The Morgan fingerprint density at radius 2 is 1.88 bits per heavy atom. The zero-order chi connectivity index (χ0) is 11.4. The van der Waals surface area contributed by atoms with Gasteiger partial charge >= 0.3 is 0 Å². The van der Waals surface area contributed by atoms with Crippen LogP contribution in [-0.4, -0.2) is 48.1 Å². The van der Waals surface area contributed by atoms with Gasteiger partial charge in [-0.05, 0) is 45.2 Å². The van der Waals surface area contributed by atoms with E-state index in [1.807, 2.05) is 0 Å². The minimum atomic E-state index is -0.379. The van der Waals surface area contributed by atoms with Gasteiger partial charge in [0, 0.05) is 24.6 Å². The Balaban J connectivity index is 1.81. The van der Waals surface area contributed by atoms with Gasteiger partial charge in [0.05, 0.1) is 6.10 Å². The maximum absolute atomic E-state index is 10.2. The molecule has 2 fully saturated rings. The van der Waals surface area contributed by atoms with Crippen molar-refractivity contribution in [2.45, 2.75) is 50.3 Å². The lowest BCUT2D eigenvalue weighted by atomic mass is 9.89. The summed E-state index contributed by atoms with van der Waals surface area (Å²) >= 11 is 0. The standard InChI is InChI=1S/C12H24N2O2/c15-8-10(11-4-2-6-14-11)12(16)7-9-3-1-5-13-9/h9-16H,1-8H2/t9-,10?,11-,12?/m0/s1. The van der Waals surface area contributed by atoms with Gasteiger partial charge < -0.3 is 20.8 Å². The van der Waals surface area contributed by atoms with Crippen molar-refractivity contribution in [2.24, 2.45) is 5.92 Å². The Bertz CT molecular complexity index is 201. The van der Waals surface area contributed by atoms with Crippen LogP contribution in [0, 0.1) is 5.92 Å². The molecule has 4 atom stereocenters. The Hall–Kier alpha value is -0.160. The van der Waals surface area contributed by atoms with Crippen molar-refractivity contribution in [3.05, 3.63) is 0 Å². The number of hydrogen-bond acceptors (Lipinski definition) is 4. The molecule has 2 aliphatic heterocycles. The summed E-state index contributed by atoms with van der Waals surface area (Å²) < 4.78 is 0. The molecule has 2 rings (SSSR count). The van der Waals surface area contributed by atoms with Crippen molar-refractivity contribution in [1.29, 1.82) is 0 Å². The van der Waals surface area contributed by atoms with Crippen LogP contribution in [0.2, 0.25) is 0 Å². The van der Waals surface area contributed by atoms with Crippen LogP contribution in [-0.2, 0) is 0 Å². The third-order valence-corrected chi connectivity index (χ3v) is 4.01. The van der Waals surface area contributed by atoms with Crippen molar-refractivity contribution >= 4 is 0 Å². The largest absolute Gasteiger partial charge is 0.396 e. The third-order valence-electron chi connectivity index (χ3n) is 4.01. The van der Waals surface area contributed by atoms with Crippen LogP contribution in [0.3, 0.4) is 0 Å². The quantitative estimate of drug-likeness (QED) is 0.528. The second-order valence-electron chi connectivity index (χ2n) is 5.15. The van der Waals surface area contributed by atoms with Crippen LogP contribution in [0.5, 0.6) is 0 Å². The summed E-state index contributed by atoms with van der Waals surface area (Å²) in [4.78, 5) is 0. The molecule has 0 aliphatic carbocycles. The summed E-state index contributed by atoms with van der Waals surface area (Å²) in [7, 11) is 0. The summed E-state index contributed by atoms with van der Waals surface area (Å²) in [6, 6.07) is 0.756. The SMILES string of the molecule is OCC(C(O)C[C@@H]1CCCN1)[C@@H]1CCCN1. The molecule has 16 heavy (non-hydrogen) atoms. The predicted molar refractivity (Wildman–Crippen MR) is 63.2 cm³/mol. The summed E-state index contributed by atoms with van der Waals surface area (Å²) in [6.07, 6.45) is 5.02. The van der Waals surface area contributed by atoms with Crippen LogP contribution in [0.25, 0.3) is 0 Å². The lowest BCUT2D eigenvalue weighted by Gasteiger charge is -2.28. The van der Waals surface area contributed by atoms with E-state index in [1.165, 1.54) is 6.42 Å². The smallest absolute Gasteiger partial charge is 0.0620 e. The van der Waals surface area contributed by atoms with Gasteiger partial charge in [-0.1, -0.05) is 0 Å². The molecular formula is C12H24N2O2. The first-order chi connectivity index (χ1) is 7.81. The molecular weight excluding hydrogens is 204 g/mol. The highest BCUT2D eigenvalue weighted by molar-refractivity contribution is 4.88. The van der Waals surface area contributed by atoms with E-state index in [-0.39, 0.29) is 18.6 Å². The molecule has 2 saturated heterocycles. The van der Waals surface area contributed by atoms with Gasteiger partial charge in [0.2, 0.25) is 0 Å². The summed E-state index contributed by atoms with van der Waals surface area (Å²) in [6.45, 7) is 2.18. The molecule has 0 spiro atoms. The van der Waals surface area contributed by atoms with Gasteiger partial charge in [-0.15, -0.1) is 0 Å². The van der Waals surface area contributed by atoms with E-state index in [9.17, 15) is 10.2 Å². The lowest BCUT2D eigenvalue weighted by Crippen LogP contribution is -2.42. The lowest BCUT2D eigenvalue weighted by molar-refractivity contribution is 0.0371. The molecule has 0 aromatic rings. The number of aliphatic hydroxyl groups excluding tert-OH is 2. The summed E-state index contributed by atoms with van der Waals surface area (Å²) in [5, 5.41) is 26.4. The van der Waals surface area contributed by atoms with Crippen molar-refractivity contribution < 1.29 is 10.2 Å². The molecule has 0 amide bonds. The van der Waals surface area contributed by atoms with E-state index in [0.29, 0.717) is 12.1 Å². The Morgan fingerprint density at radius 3 is 2.44 bits per heavy atom. The molecule has 94 valence electrons. The topological polar surface area (TPSA) is 64.5 Å². The van der Waals surface area contributed by atoms with E-state index < -0.39 is 0 Å². The zero-order valence-corrected chi connectivity index (χ0v) is 9.86. The minimum Gasteiger partial charge on any atom is -0.396 e. The molecule has 0 radical (unpaired) electrons. The number of nitrogens with one attached hydrogen (secondary N) is 2. The second kappa shape index (κ2) is 5.96. The summed E-state index contributed by atoms with van der Waals surface area (Å²) in [5.74, 6) is 0.00454. The second-order valence-corrected chi connectivity index (χ2v) is 5.15. The van der Waals surface area contributed by atoms with Gasteiger partial charge in [0.1, 0.15) is 0 Å². The van der Waals surface area contributed by atoms with Crippen LogP contribution in [0.4, 0.5) is 0 Å². The fraction of sp³-hybridized carbons (Fsp3) is 1.00. The van der Waals surface area contributed by atoms with Crippen molar-refractivity contribution in [2.75, 3.05) is 19.7 Å². The molecule has 0 saturated carbocycles. The number of hydrogen-bond donors (Lipinski definition) is 4. The van der Waals surface area contributed by atoms with Gasteiger partial charge in [-0.3, -0.25) is 0 Å². The first kappa shape index (κ1) is 12.3. The molecule has 4 heteroatoms. The average Bonchev–Trinajstić information content (AvgIpc) is 2.91. The van der Waals surface area contributed by atoms with E-state index >= 15 is 0 Å². The fourth-order valence-electron chi connectivity index (χ4n) is 3.02. The molecule has 0 bridgehead atoms. The molecule has 0 aromatic carbocycles. The molecule has 2 aliphatic rings. The first-order valence-corrected chi connectivity index (χ1v) is 6.57. The fourth-order valence-corrected chi connectivity index (χ4v) is 3.02. The van der Waals surface area contributed by atoms with Crippen molar-refractivity contribution in [3.63, 3.8) is 0 Å². The molecule has 0 aromatic heterocycles. The highest BCUT2D eigenvalue weighted by Gasteiger charge is 2.31. The normalized spacial score (nSPS) is 34.1. The van der Waals surface area contributed by atoms with Crippen molar-refractivity contribution in [3.8, 4) is 0 Å². The Morgan fingerprint density at radius 1 is 1.12 bits per heavy atom. The van der Waals surface area contributed by atoms with Crippen LogP contribution < -0.4 is 10.6 Å². The van der Waals surface area contributed by atoms with Crippen LogP contribution >= 0.6 is 0 Å². The van der Waals surface area contributed by atoms with Crippen molar-refractivity contribution in [1.82, 2.24) is 10.6 Å². The molecule has 4 nitrogen and oxygen atoms in total. The highest BCUT2D eigenvalue weighted by Crippen LogP contribution is 2.22. The number of rotatable bonds is 5. The highest BCUT2D eigenvalue weighted by atomic mass is 16.3. The first-order valence-electron chi connectivity index (χ1n) is 6.57. The maximum Gasteiger partial charge on any atom is 0.0620 e. The van der Waals surface area contributed by atoms with E-state index in [4.69, 9.17) is 0 Å². The molecule has 2 heterocycles. The van der Waals surface area contributed by atoms with Crippen LogP contribution in [0.15, 0.2) is 0 Å². The van der Waals surface area contributed by atoms with Gasteiger partial charge in [-0.2, -0.15) is 0 Å². The van der Waals surface area contributed by atoms with Gasteiger partial charge in [-0.25, -0.2) is 0 Å². The molecule has 2 unspecified atom stereocenters. The van der Waals surface area contributed by atoms with E-state index in [2.05, 4.69) is 10.6 Å². The Kier molecular flexibility index (Phi) is 4.58. The van der Waals surface area contributed by atoms with Gasteiger partial charge in [0.25, 0.3) is 0 Å². The Labute approximate surface area is 97.4 Å². The van der Waals surface area contributed by atoms with E-state index in [0.717, 1.165) is 38.8 Å². The van der Waals surface area contributed by atoms with Gasteiger partial charge in [0.15, 0.2) is 0 Å². The third kappa shape index (κ3) is 2.94. The minimum absolute atomic E-state index is 0.00454.